The van der Waals surface area contributed by atoms with Crippen LogP contribution in [0.5, 0.6) is 11.5 Å². The van der Waals surface area contributed by atoms with Crippen LogP contribution in [-0.2, 0) is 4.79 Å². The molecule has 0 N–H and O–H groups in total. The largest absolute Gasteiger partial charge is 0.481 e. The lowest BCUT2D eigenvalue weighted by Crippen LogP contribution is -2.13. The van der Waals surface area contributed by atoms with Gasteiger partial charge >= 0.3 is 0 Å². The highest BCUT2D eigenvalue weighted by Crippen LogP contribution is 2.31. The average molecular weight is 162 g/mol. The normalized spacial score (nSPS) is 13.8. The summed E-state index contributed by atoms with van der Waals surface area (Å²) in [5, 5.41) is 0. The van der Waals surface area contributed by atoms with E-state index in [0.29, 0.717) is 11.5 Å². The minimum absolute atomic E-state index is 0.167. The molecule has 0 aromatic heterocycles. The Morgan fingerprint density at radius 3 is 2.75 bits per heavy atom. The van der Waals surface area contributed by atoms with E-state index in [1.165, 1.54) is 0 Å². The molecule has 1 aromatic rings. The molecule has 0 atom stereocenters. The predicted molar refractivity (Wildman–Crippen MR) is 41.8 cm³/mol. The molecule has 0 aliphatic carbocycles. The quantitative estimate of drug-likeness (QED) is 0.537. The summed E-state index contributed by atoms with van der Waals surface area (Å²) in [4.78, 5) is 10.2. The topological polar surface area (TPSA) is 35.5 Å². The Morgan fingerprint density at radius 2 is 2.00 bits per heavy atom. The van der Waals surface area contributed by atoms with E-state index in [1.54, 1.807) is 18.1 Å². The lowest BCUT2D eigenvalue weighted by molar-refractivity contribution is 0.235. The molecule has 12 heavy (non-hydrogen) atoms. The van der Waals surface area contributed by atoms with Gasteiger partial charge in [-0.1, -0.05) is 12.1 Å². The Morgan fingerprint density at radius 1 is 1.25 bits per heavy atom. The van der Waals surface area contributed by atoms with Crippen molar-refractivity contribution < 1.29 is 14.3 Å². The summed E-state index contributed by atoms with van der Waals surface area (Å²) >= 11 is 0. The smallest absolute Gasteiger partial charge is 0.224 e. The number of para-hydroxylation sites is 2. The molecule has 3 heteroatoms. The van der Waals surface area contributed by atoms with Crippen molar-refractivity contribution in [3.8, 4) is 11.5 Å². The van der Waals surface area contributed by atoms with E-state index in [9.17, 15) is 4.79 Å². The molecule has 60 valence electrons. The molecule has 0 saturated carbocycles. The third-order valence-corrected chi connectivity index (χ3v) is 1.55. The van der Waals surface area contributed by atoms with E-state index >= 15 is 0 Å². The average Bonchev–Trinajstić information content (AvgIpc) is 2.17. The van der Waals surface area contributed by atoms with Gasteiger partial charge in [0.15, 0.2) is 24.0 Å². The van der Waals surface area contributed by atoms with Gasteiger partial charge in [0, 0.05) is 0 Å². The third kappa shape index (κ3) is 1.06. The van der Waals surface area contributed by atoms with Crippen molar-refractivity contribution >= 4 is 5.94 Å². The van der Waals surface area contributed by atoms with Crippen LogP contribution in [0.1, 0.15) is 0 Å². The number of hydrogen-bond donors (Lipinski definition) is 0. The van der Waals surface area contributed by atoms with E-state index in [2.05, 4.69) is 0 Å². The standard InChI is InChI=1S/C9H6O3/c10-5-7-6-11-8-3-1-2-4-9(8)12-7/h1-4H,6H2. The number of carbonyl (C=O) groups excluding carboxylic acids is 1. The number of rotatable bonds is 0. The highest BCUT2D eigenvalue weighted by Gasteiger charge is 2.14. The maximum absolute atomic E-state index is 10.2. The molecule has 1 heterocycles. The SMILES string of the molecule is O=C=C1COc2ccccc2O1. The molecule has 2 rings (SSSR count). The van der Waals surface area contributed by atoms with Gasteiger partial charge in [-0.05, 0) is 12.1 Å². The molecule has 0 fully saturated rings. The molecule has 1 aliphatic rings. The molecule has 0 radical (unpaired) electrons. The minimum atomic E-state index is 0.167. The Bertz CT molecular complexity index is 351. The van der Waals surface area contributed by atoms with Gasteiger partial charge in [0.2, 0.25) is 5.76 Å². The van der Waals surface area contributed by atoms with Gasteiger partial charge in [0.25, 0.3) is 0 Å². The minimum Gasteiger partial charge on any atom is -0.481 e. The molecular formula is C9H6O3. The van der Waals surface area contributed by atoms with Gasteiger partial charge in [-0.25, -0.2) is 4.79 Å². The van der Waals surface area contributed by atoms with Crippen molar-refractivity contribution in [3.63, 3.8) is 0 Å². The number of hydrogen-bond acceptors (Lipinski definition) is 3. The lowest BCUT2D eigenvalue weighted by atomic mass is 10.3. The van der Waals surface area contributed by atoms with Crippen molar-refractivity contribution in [1.29, 1.82) is 0 Å². The molecule has 1 aromatic carbocycles. The number of benzene rings is 1. The van der Waals surface area contributed by atoms with E-state index < -0.39 is 0 Å². The lowest BCUT2D eigenvalue weighted by Gasteiger charge is -2.17. The van der Waals surface area contributed by atoms with Gasteiger partial charge in [-0.2, -0.15) is 0 Å². The number of ether oxygens (including phenoxy) is 2. The van der Waals surface area contributed by atoms with E-state index in [4.69, 9.17) is 9.47 Å². The summed E-state index contributed by atoms with van der Waals surface area (Å²) in [5.41, 5.74) is 0. The van der Waals surface area contributed by atoms with Crippen molar-refractivity contribution in [2.45, 2.75) is 0 Å². The van der Waals surface area contributed by atoms with Crippen molar-refractivity contribution in [2.75, 3.05) is 6.61 Å². The van der Waals surface area contributed by atoms with Crippen LogP contribution < -0.4 is 9.47 Å². The van der Waals surface area contributed by atoms with E-state index in [1.807, 2.05) is 12.1 Å². The summed E-state index contributed by atoms with van der Waals surface area (Å²) in [5.74, 6) is 3.09. The Balaban J connectivity index is 2.41. The Hall–Kier alpha value is -1.73. The zero-order chi connectivity index (χ0) is 8.39. The highest BCUT2D eigenvalue weighted by atomic mass is 16.6. The highest BCUT2D eigenvalue weighted by molar-refractivity contribution is 5.54. The molecule has 3 nitrogen and oxygen atoms in total. The second-order valence-corrected chi connectivity index (χ2v) is 2.36. The summed E-state index contributed by atoms with van der Waals surface area (Å²) in [6.45, 7) is 0.167. The first-order valence-electron chi connectivity index (χ1n) is 3.54. The second kappa shape index (κ2) is 2.72. The Labute approximate surface area is 69.2 Å². The summed E-state index contributed by atoms with van der Waals surface area (Å²) < 4.78 is 10.4. The van der Waals surface area contributed by atoms with Crippen molar-refractivity contribution in [3.05, 3.63) is 30.0 Å². The number of fused-ring (bicyclic) bond motifs is 1. The molecular weight excluding hydrogens is 156 g/mol. The van der Waals surface area contributed by atoms with Gasteiger partial charge in [-0.3, -0.25) is 0 Å². The van der Waals surface area contributed by atoms with Crippen LogP contribution in [0.15, 0.2) is 30.0 Å². The first kappa shape index (κ1) is 6.95. The fraction of sp³-hybridized carbons (Fsp3) is 0.111. The summed E-state index contributed by atoms with van der Waals surface area (Å²) in [6, 6.07) is 7.19. The summed E-state index contributed by atoms with van der Waals surface area (Å²) in [6.07, 6.45) is 0. The van der Waals surface area contributed by atoms with Crippen LogP contribution in [-0.4, -0.2) is 12.5 Å². The first-order chi connectivity index (χ1) is 5.90. The summed E-state index contributed by atoms with van der Waals surface area (Å²) in [7, 11) is 0. The molecule has 0 spiro atoms. The first-order valence-corrected chi connectivity index (χ1v) is 3.54. The molecule has 0 amide bonds. The van der Waals surface area contributed by atoms with E-state index in [0.717, 1.165) is 0 Å². The van der Waals surface area contributed by atoms with Gasteiger partial charge < -0.3 is 9.47 Å². The predicted octanol–water partition coefficient (Wildman–Crippen LogP) is 1.17. The van der Waals surface area contributed by atoms with Crippen molar-refractivity contribution in [2.24, 2.45) is 0 Å². The molecule has 0 saturated heterocycles. The fourth-order valence-electron chi connectivity index (χ4n) is 1.01. The van der Waals surface area contributed by atoms with Crippen LogP contribution in [0.25, 0.3) is 0 Å². The monoisotopic (exact) mass is 162 g/mol. The molecule has 0 unspecified atom stereocenters. The third-order valence-electron chi connectivity index (χ3n) is 1.55. The van der Waals surface area contributed by atoms with Crippen LogP contribution >= 0.6 is 0 Å². The van der Waals surface area contributed by atoms with Gasteiger partial charge in [-0.15, -0.1) is 0 Å². The van der Waals surface area contributed by atoms with Crippen LogP contribution in [0, 0.1) is 0 Å². The van der Waals surface area contributed by atoms with Gasteiger partial charge in [0.05, 0.1) is 0 Å². The second-order valence-electron chi connectivity index (χ2n) is 2.36. The van der Waals surface area contributed by atoms with Crippen LogP contribution in [0.4, 0.5) is 0 Å². The maximum Gasteiger partial charge on any atom is 0.224 e. The van der Waals surface area contributed by atoms with Crippen LogP contribution in [0.3, 0.4) is 0 Å². The molecule has 0 bridgehead atoms. The van der Waals surface area contributed by atoms with Crippen LogP contribution in [0.2, 0.25) is 0 Å². The fourth-order valence-corrected chi connectivity index (χ4v) is 1.01. The van der Waals surface area contributed by atoms with Crippen molar-refractivity contribution in [1.82, 2.24) is 0 Å². The zero-order valence-corrected chi connectivity index (χ0v) is 6.24. The Kier molecular flexibility index (Phi) is 1.57. The molecule has 1 aliphatic heterocycles. The van der Waals surface area contributed by atoms with Gasteiger partial charge in [0.1, 0.15) is 0 Å². The zero-order valence-electron chi connectivity index (χ0n) is 6.24. The van der Waals surface area contributed by atoms with E-state index in [-0.39, 0.29) is 12.4 Å². The maximum atomic E-state index is 10.2.